The number of nitrogens with two attached hydrogens (primary N) is 1. The standard InChI is InChI=1S/C10H11NO4S/c11-8-3-1-2-6-4-7(16(13,14)15)5-9(12)10(6)8/h3-5,12H,1-2,11H2,(H,13,14,15). The highest BCUT2D eigenvalue weighted by Gasteiger charge is 2.20. The van der Waals surface area contributed by atoms with E-state index >= 15 is 0 Å². The van der Waals surface area contributed by atoms with Gasteiger partial charge >= 0.3 is 0 Å². The second-order valence-corrected chi connectivity index (χ2v) is 5.07. The largest absolute Gasteiger partial charge is 0.507 e. The van der Waals surface area contributed by atoms with Crippen LogP contribution in [-0.2, 0) is 16.5 Å². The summed E-state index contributed by atoms with van der Waals surface area (Å²) in [5.41, 5.74) is 7.22. The van der Waals surface area contributed by atoms with Crippen molar-refractivity contribution in [3.63, 3.8) is 0 Å². The van der Waals surface area contributed by atoms with E-state index in [9.17, 15) is 13.5 Å². The number of phenols is 1. The molecule has 0 unspecified atom stereocenters. The van der Waals surface area contributed by atoms with E-state index in [1.807, 2.05) is 0 Å². The van der Waals surface area contributed by atoms with Gasteiger partial charge in [-0.3, -0.25) is 4.55 Å². The van der Waals surface area contributed by atoms with Gasteiger partial charge in [-0.05, 0) is 24.5 Å². The fourth-order valence-corrected chi connectivity index (χ4v) is 2.37. The average Bonchev–Trinajstić information content (AvgIpc) is 2.15. The lowest BCUT2D eigenvalue weighted by atomic mass is 9.94. The van der Waals surface area contributed by atoms with Crippen LogP contribution in [0.25, 0.3) is 5.70 Å². The zero-order valence-electron chi connectivity index (χ0n) is 8.34. The van der Waals surface area contributed by atoms with E-state index in [2.05, 4.69) is 0 Å². The smallest absolute Gasteiger partial charge is 0.294 e. The molecule has 0 bridgehead atoms. The van der Waals surface area contributed by atoms with Gasteiger partial charge in [-0.2, -0.15) is 8.42 Å². The number of benzene rings is 1. The Kier molecular flexibility index (Phi) is 2.40. The van der Waals surface area contributed by atoms with Crippen molar-refractivity contribution in [2.45, 2.75) is 17.7 Å². The zero-order chi connectivity index (χ0) is 11.9. The molecule has 0 aromatic heterocycles. The Bertz CT molecular complexity index is 575. The molecule has 1 aromatic rings. The van der Waals surface area contributed by atoms with E-state index in [1.54, 1.807) is 6.08 Å². The number of aromatic hydroxyl groups is 1. The molecule has 0 fully saturated rings. The number of hydrogen-bond acceptors (Lipinski definition) is 4. The normalized spacial score (nSPS) is 15.4. The Balaban J connectivity index is 2.69. The van der Waals surface area contributed by atoms with E-state index in [4.69, 9.17) is 10.3 Å². The summed E-state index contributed by atoms with van der Waals surface area (Å²) in [5.74, 6) is -0.224. The Labute approximate surface area is 93.0 Å². The summed E-state index contributed by atoms with van der Waals surface area (Å²) in [5, 5.41) is 9.67. The lowest BCUT2D eigenvalue weighted by Crippen LogP contribution is -2.08. The molecule has 0 spiro atoms. The van der Waals surface area contributed by atoms with Crippen LogP contribution in [0.2, 0.25) is 0 Å². The van der Waals surface area contributed by atoms with Gasteiger partial charge in [0.15, 0.2) is 0 Å². The molecule has 1 aliphatic carbocycles. The number of allylic oxidation sites excluding steroid dienone is 1. The molecule has 1 aliphatic rings. The number of hydrogen-bond donors (Lipinski definition) is 3. The monoisotopic (exact) mass is 241 g/mol. The quantitative estimate of drug-likeness (QED) is 0.634. The maximum atomic E-state index is 11.0. The average molecular weight is 241 g/mol. The predicted molar refractivity (Wildman–Crippen MR) is 58.4 cm³/mol. The number of phenolic OH excluding ortho intramolecular Hbond substituents is 1. The van der Waals surface area contributed by atoms with Crippen molar-refractivity contribution in [1.82, 2.24) is 0 Å². The summed E-state index contributed by atoms with van der Waals surface area (Å²) in [6.45, 7) is 0. The molecule has 0 aliphatic heterocycles. The third-order valence-electron chi connectivity index (χ3n) is 2.54. The third kappa shape index (κ3) is 1.77. The van der Waals surface area contributed by atoms with E-state index in [0.29, 0.717) is 29.7 Å². The van der Waals surface area contributed by atoms with Crippen molar-refractivity contribution in [2.75, 3.05) is 0 Å². The van der Waals surface area contributed by atoms with E-state index in [0.717, 1.165) is 6.07 Å². The highest BCUT2D eigenvalue weighted by atomic mass is 32.2. The third-order valence-corrected chi connectivity index (χ3v) is 3.37. The van der Waals surface area contributed by atoms with E-state index in [-0.39, 0.29) is 10.6 Å². The molecule has 0 atom stereocenters. The minimum absolute atomic E-state index is 0.224. The number of fused-ring (bicyclic) bond motifs is 1. The summed E-state index contributed by atoms with van der Waals surface area (Å²) in [4.78, 5) is -0.307. The maximum Gasteiger partial charge on any atom is 0.294 e. The molecular weight excluding hydrogens is 230 g/mol. The summed E-state index contributed by atoms with van der Waals surface area (Å²) in [6, 6.07) is 2.34. The van der Waals surface area contributed by atoms with Gasteiger partial charge in [0, 0.05) is 17.3 Å². The highest BCUT2D eigenvalue weighted by molar-refractivity contribution is 7.85. The summed E-state index contributed by atoms with van der Waals surface area (Å²) in [7, 11) is -4.30. The molecule has 86 valence electrons. The fraction of sp³-hybridized carbons (Fsp3) is 0.200. The summed E-state index contributed by atoms with van der Waals surface area (Å²) >= 11 is 0. The topological polar surface area (TPSA) is 101 Å². The highest BCUT2D eigenvalue weighted by Crippen LogP contribution is 2.33. The first kappa shape index (κ1) is 11.0. The second kappa shape index (κ2) is 3.50. The van der Waals surface area contributed by atoms with Crippen LogP contribution in [0.5, 0.6) is 5.75 Å². The molecule has 0 amide bonds. The summed E-state index contributed by atoms with van der Waals surface area (Å²) in [6.07, 6.45) is 3.05. The molecule has 0 radical (unpaired) electrons. The zero-order valence-corrected chi connectivity index (χ0v) is 9.16. The Morgan fingerprint density at radius 3 is 2.62 bits per heavy atom. The Morgan fingerprint density at radius 1 is 1.31 bits per heavy atom. The van der Waals surface area contributed by atoms with Crippen LogP contribution in [0.4, 0.5) is 0 Å². The Morgan fingerprint density at radius 2 is 2.00 bits per heavy atom. The lowest BCUT2D eigenvalue weighted by molar-refractivity contribution is 0.463. The minimum Gasteiger partial charge on any atom is -0.507 e. The molecule has 6 heteroatoms. The van der Waals surface area contributed by atoms with Crippen LogP contribution in [0.15, 0.2) is 23.1 Å². The van der Waals surface area contributed by atoms with Gasteiger partial charge in [0.25, 0.3) is 10.1 Å². The van der Waals surface area contributed by atoms with E-state index < -0.39 is 10.1 Å². The van der Waals surface area contributed by atoms with Crippen LogP contribution in [-0.4, -0.2) is 18.1 Å². The Hall–Kier alpha value is -1.53. The van der Waals surface area contributed by atoms with Crippen LogP contribution in [0.1, 0.15) is 17.5 Å². The first-order chi connectivity index (χ1) is 7.39. The first-order valence-corrected chi connectivity index (χ1v) is 6.13. The van der Waals surface area contributed by atoms with E-state index in [1.165, 1.54) is 6.07 Å². The van der Waals surface area contributed by atoms with Gasteiger partial charge in [0.1, 0.15) is 5.75 Å². The maximum absolute atomic E-state index is 11.0. The van der Waals surface area contributed by atoms with Crippen LogP contribution in [0.3, 0.4) is 0 Å². The van der Waals surface area contributed by atoms with Crippen molar-refractivity contribution in [1.29, 1.82) is 0 Å². The van der Waals surface area contributed by atoms with Gasteiger partial charge in [0.05, 0.1) is 4.90 Å². The lowest BCUT2D eigenvalue weighted by Gasteiger charge is -2.16. The fourth-order valence-electron chi connectivity index (χ4n) is 1.82. The van der Waals surface area contributed by atoms with Gasteiger partial charge in [0.2, 0.25) is 0 Å². The van der Waals surface area contributed by atoms with Crippen LogP contribution < -0.4 is 5.73 Å². The van der Waals surface area contributed by atoms with Crippen molar-refractivity contribution in [2.24, 2.45) is 5.73 Å². The predicted octanol–water partition coefficient (Wildman–Crippen LogP) is 0.885. The van der Waals surface area contributed by atoms with Gasteiger partial charge in [-0.1, -0.05) is 6.08 Å². The molecule has 5 nitrogen and oxygen atoms in total. The second-order valence-electron chi connectivity index (χ2n) is 3.65. The van der Waals surface area contributed by atoms with Crippen LogP contribution in [0, 0.1) is 0 Å². The van der Waals surface area contributed by atoms with Gasteiger partial charge in [-0.25, -0.2) is 0 Å². The molecule has 4 N–H and O–H groups in total. The van der Waals surface area contributed by atoms with Crippen molar-refractivity contribution in [3.8, 4) is 5.75 Å². The van der Waals surface area contributed by atoms with Crippen molar-refractivity contribution in [3.05, 3.63) is 29.3 Å². The van der Waals surface area contributed by atoms with Crippen molar-refractivity contribution < 1.29 is 18.1 Å². The van der Waals surface area contributed by atoms with Crippen LogP contribution >= 0.6 is 0 Å². The molecule has 16 heavy (non-hydrogen) atoms. The summed E-state index contributed by atoms with van der Waals surface area (Å²) < 4.78 is 30.8. The number of rotatable bonds is 1. The van der Waals surface area contributed by atoms with Crippen molar-refractivity contribution >= 4 is 15.8 Å². The molecular formula is C10H11NO4S. The SMILES string of the molecule is NC1=CCCc2cc(S(=O)(=O)O)cc(O)c21. The minimum atomic E-state index is -4.30. The van der Waals surface area contributed by atoms with Gasteiger partial charge in [-0.15, -0.1) is 0 Å². The molecule has 0 saturated heterocycles. The first-order valence-electron chi connectivity index (χ1n) is 4.69. The molecule has 2 rings (SSSR count). The molecule has 0 heterocycles. The molecule has 0 saturated carbocycles. The number of aryl methyl sites for hydroxylation is 1. The molecule has 1 aromatic carbocycles. The van der Waals surface area contributed by atoms with Gasteiger partial charge < -0.3 is 10.8 Å².